The molecule has 4 heteroatoms. The molecule has 0 saturated heterocycles. The normalized spacial score (nSPS) is 12.6. The second-order valence-corrected chi connectivity index (χ2v) is 4.66. The number of rotatable bonds is 5. The molecule has 0 amide bonds. The average molecular weight is 265 g/mol. The maximum absolute atomic E-state index is 5.97. The molecule has 0 saturated carbocycles. The second-order valence-electron chi connectivity index (χ2n) is 4.22. The van der Waals surface area contributed by atoms with Crippen LogP contribution in [0.2, 0.25) is 5.02 Å². The summed E-state index contributed by atoms with van der Waals surface area (Å²) in [5, 5.41) is 5.27. The minimum absolute atomic E-state index is 0.302. The molecule has 1 aromatic heterocycles. The number of fused-ring (bicyclic) bond motifs is 1. The first kappa shape index (κ1) is 13.1. The molecule has 0 aliphatic carbocycles. The van der Waals surface area contributed by atoms with Crippen LogP contribution in [0, 0.1) is 0 Å². The van der Waals surface area contributed by atoms with Gasteiger partial charge in [-0.25, -0.2) is 0 Å². The molecule has 2 rings (SSSR count). The molecule has 0 aliphatic rings. The molecule has 3 nitrogen and oxygen atoms in total. The molecule has 2 aromatic rings. The van der Waals surface area contributed by atoms with E-state index in [0.717, 1.165) is 23.0 Å². The fraction of sp³-hybridized carbons (Fsp3) is 0.357. The fourth-order valence-corrected chi connectivity index (χ4v) is 2.10. The molecule has 96 valence electrons. The summed E-state index contributed by atoms with van der Waals surface area (Å²) in [6.45, 7) is 2.82. The number of aromatic nitrogens is 1. The molecule has 0 fully saturated rings. The van der Waals surface area contributed by atoms with Gasteiger partial charge in [-0.05, 0) is 30.7 Å². The summed E-state index contributed by atoms with van der Waals surface area (Å²) in [5.74, 6) is 0. The van der Waals surface area contributed by atoms with Gasteiger partial charge >= 0.3 is 0 Å². The smallest absolute Gasteiger partial charge is 0.0737 e. The number of nitrogens with one attached hydrogen (secondary N) is 1. The minimum Gasteiger partial charge on any atom is -0.383 e. The molecule has 1 N–H and O–H groups in total. The maximum atomic E-state index is 5.97. The first-order valence-electron chi connectivity index (χ1n) is 6.04. The number of pyridine rings is 1. The summed E-state index contributed by atoms with van der Waals surface area (Å²) in [6.07, 6.45) is 2.80. The van der Waals surface area contributed by atoms with Crippen LogP contribution in [0.3, 0.4) is 0 Å². The van der Waals surface area contributed by atoms with Gasteiger partial charge in [-0.2, -0.15) is 0 Å². The molecule has 0 bridgehead atoms. The summed E-state index contributed by atoms with van der Waals surface area (Å²) in [5.41, 5.74) is 1.97. The predicted molar refractivity (Wildman–Crippen MR) is 76.3 cm³/mol. The Morgan fingerprint density at radius 3 is 2.94 bits per heavy atom. The van der Waals surface area contributed by atoms with Gasteiger partial charge in [0.25, 0.3) is 0 Å². The van der Waals surface area contributed by atoms with Crippen molar-refractivity contribution in [2.45, 2.75) is 19.4 Å². The van der Waals surface area contributed by atoms with Crippen LogP contribution < -0.4 is 5.32 Å². The van der Waals surface area contributed by atoms with Gasteiger partial charge in [0.1, 0.15) is 0 Å². The number of halogens is 1. The van der Waals surface area contributed by atoms with Crippen LogP contribution in [0.4, 0.5) is 5.69 Å². The van der Waals surface area contributed by atoms with Crippen molar-refractivity contribution in [2.24, 2.45) is 0 Å². The van der Waals surface area contributed by atoms with Crippen molar-refractivity contribution >= 4 is 28.2 Å². The third-order valence-electron chi connectivity index (χ3n) is 2.93. The van der Waals surface area contributed by atoms with Crippen molar-refractivity contribution in [3.05, 3.63) is 35.5 Å². The first-order valence-corrected chi connectivity index (χ1v) is 6.42. The van der Waals surface area contributed by atoms with Gasteiger partial charge in [-0.3, -0.25) is 4.98 Å². The zero-order chi connectivity index (χ0) is 13.0. The first-order chi connectivity index (χ1) is 8.74. The maximum Gasteiger partial charge on any atom is 0.0737 e. The van der Waals surface area contributed by atoms with Crippen molar-refractivity contribution in [1.82, 2.24) is 4.98 Å². The molecular formula is C14H17ClN2O. The van der Waals surface area contributed by atoms with Crippen molar-refractivity contribution in [2.75, 3.05) is 19.0 Å². The summed E-state index contributed by atoms with van der Waals surface area (Å²) >= 11 is 5.97. The van der Waals surface area contributed by atoms with E-state index in [9.17, 15) is 0 Å². The number of nitrogens with zero attached hydrogens (tertiary/aromatic N) is 1. The highest BCUT2D eigenvalue weighted by Gasteiger charge is 2.08. The van der Waals surface area contributed by atoms with Gasteiger partial charge in [0, 0.05) is 35.4 Å². The van der Waals surface area contributed by atoms with Crippen molar-refractivity contribution in [1.29, 1.82) is 0 Å². The van der Waals surface area contributed by atoms with Crippen LogP contribution in [-0.4, -0.2) is 24.7 Å². The Morgan fingerprint density at radius 1 is 1.39 bits per heavy atom. The quantitative estimate of drug-likeness (QED) is 0.894. The number of hydrogen-bond acceptors (Lipinski definition) is 3. The average Bonchev–Trinajstić information content (AvgIpc) is 2.38. The Hall–Kier alpha value is -1.32. The van der Waals surface area contributed by atoms with Crippen LogP contribution in [0.5, 0.6) is 0 Å². The fourth-order valence-electron chi connectivity index (χ4n) is 1.93. The van der Waals surface area contributed by atoms with E-state index in [-0.39, 0.29) is 0 Å². The van der Waals surface area contributed by atoms with Gasteiger partial charge in [0.15, 0.2) is 0 Å². The van der Waals surface area contributed by atoms with E-state index in [2.05, 4.69) is 17.2 Å². The molecule has 0 aliphatic heterocycles. The van der Waals surface area contributed by atoms with Gasteiger partial charge in [-0.15, -0.1) is 0 Å². The van der Waals surface area contributed by atoms with Gasteiger partial charge in [0.2, 0.25) is 0 Å². The highest BCUT2D eigenvalue weighted by molar-refractivity contribution is 6.31. The van der Waals surface area contributed by atoms with E-state index >= 15 is 0 Å². The molecule has 1 heterocycles. The molecule has 1 atom stereocenters. The van der Waals surface area contributed by atoms with Crippen molar-refractivity contribution in [3.63, 3.8) is 0 Å². The van der Waals surface area contributed by atoms with Crippen molar-refractivity contribution < 1.29 is 4.74 Å². The Bertz CT molecular complexity index is 530. The molecular weight excluding hydrogens is 248 g/mol. The summed E-state index contributed by atoms with van der Waals surface area (Å²) in [4.78, 5) is 4.33. The van der Waals surface area contributed by atoms with E-state index in [1.807, 2.05) is 24.3 Å². The molecule has 0 spiro atoms. The molecule has 1 unspecified atom stereocenters. The second kappa shape index (κ2) is 6.03. The number of ether oxygens (including phenoxy) is 1. The Kier molecular flexibility index (Phi) is 4.39. The minimum atomic E-state index is 0.302. The largest absolute Gasteiger partial charge is 0.383 e. The summed E-state index contributed by atoms with van der Waals surface area (Å²) in [6, 6.07) is 8.03. The van der Waals surface area contributed by atoms with Gasteiger partial charge < -0.3 is 10.1 Å². The number of anilines is 1. The van der Waals surface area contributed by atoms with E-state index in [1.165, 1.54) is 0 Å². The lowest BCUT2D eigenvalue weighted by Gasteiger charge is -2.18. The standard InChI is InChI=1S/C14H17ClN2O/c1-3-11(9-18-2)17-13-6-7-16-14-8-10(15)4-5-12(13)14/h4-8,11H,3,9H2,1-2H3,(H,16,17). The lowest BCUT2D eigenvalue weighted by atomic mass is 10.1. The Balaban J connectivity index is 2.32. The predicted octanol–water partition coefficient (Wildman–Crippen LogP) is 3.73. The van der Waals surface area contributed by atoms with E-state index < -0.39 is 0 Å². The summed E-state index contributed by atoms with van der Waals surface area (Å²) in [7, 11) is 1.72. The number of methoxy groups -OCH3 is 1. The van der Waals surface area contributed by atoms with Crippen molar-refractivity contribution in [3.8, 4) is 0 Å². The van der Waals surface area contributed by atoms with Crippen LogP contribution in [0.1, 0.15) is 13.3 Å². The lowest BCUT2D eigenvalue weighted by molar-refractivity contribution is 0.184. The molecule has 0 radical (unpaired) electrons. The monoisotopic (exact) mass is 264 g/mol. The van der Waals surface area contributed by atoms with Gasteiger partial charge in [-0.1, -0.05) is 18.5 Å². The SMILES string of the molecule is CCC(COC)Nc1ccnc2cc(Cl)ccc12. The Labute approximate surface area is 112 Å². The van der Waals surface area contributed by atoms with Gasteiger partial charge in [0.05, 0.1) is 12.1 Å². The highest BCUT2D eigenvalue weighted by atomic mass is 35.5. The number of benzene rings is 1. The van der Waals surface area contributed by atoms with Crippen LogP contribution in [0.15, 0.2) is 30.5 Å². The summed E-state index contributed by atoms with van der Waals surface area (Å²) < 4.78 is 5.20. The zero-order valence-electron chi connectivity index (χ0n) is 10.6. The zero-order valence-corrected chi connectivity index (χ0v) is 11.4. The third-order valence-corrected chi connectivity index (χ3v) is 3.16. The topological polar surface area (TPSA) is 34.1 Å². The highest BCUT2D eigenvalue weighted by Crippen LogP contribution is 2.25. The molecule has 18 heavy (non-hydrogen) atoms. The van der Waals surface area contributed by atoms with Crippen LogP contribution in [0.25, 0.3) is 10.9 Å². The van der Waals surface area contributed by atoms with E-state index in [1.54, 1.807) is 13.3 Å². The number of hydrogen-bond donors (Lipinski definition) is 1. The van der Waals surface area contributed by atoms with Crippen LogP contribution >= 0.6 is 11.6 Å². The molecule has 1 aromatic carbocycles. The Morgan fingerprint density at radius 2 is 2.22 bits per heavy atom. The van der Waals surface area contributed by atoms with E-state index in [4.69, 9.17) is 16.3 Å². The van der Waals surface area contributed by atoms with E-state index in [0.29, 0.717) is 17.7 Å². The third kappa shape index (κ3) is 2.92. The van der Waals surface area contributed by atoms with Crippen LogP contribution in [-0.2, 0) is 4.74 Å². The lowest BCUT2D eigenvalue weighted by Crippen LogP contribution is -2.23.